The number of nitrogens with zero attached hydrogens (tertiary/aromatic N) is 1. The first kappa shape index (κ1) is 16.8. The van der Waals surface area contributed by atoms with Gasteiger partial charge in [0.15, 0.2) is 5.78 Å². The number of carbonyl (C=O) groups excluding carboxylic acids is 2. The predicted molar refractivity (Wildman–Crippen MR) is 90.3 cm³/mol. The molecule has 0 radical (unpaired) electrons. The van der Waals surface area contributed by atoms with Gasteiger partial charge in [0.05, 0.1) is 6.42 Å². The van der Waals surface area contributed by atoms with Crippen molar-refractivity contribution in [2.24, 2.45) is 5.41 Å². The number of rotatable bonds is 4. The van der Waals surface area contributed by atoms with Crippen LogP contribution in [-0.2, 0) is 11.2 Å². The number of hydrogen-bond acceptors (Lipinski definition) is 5. The van der Waals surface area contributed by atoms with Crippen LogP contribution in [0.15, 0.2) is 48.0 Å². The third kappa shape index (κ3) is 3.15. The SMILES string of the molecule is CC(C)(CC(=O)On1c(O)ccc1O)C1=CCc2ccccc2C1=O. The molecule has 0 unspecified atom stereocenters. The molecule has 1 aromatic carbocycles. The maximum Gasteiger partial charge on any atom is 0.334 e. The summed E-state index contributed by atoms with van der Waals surface area (Å²) in [5.41, 5.74) is 1.43. The second-order valence-electron chi connectivity index (χ2n) is 6.68. The molecular weight excluding hydrogens is 322 g/mol. The molecule has 6 nitrogen and oxygen atoms in total. The lowest BCUT2D eigenvalue weighted by Gasteiger charge is -2.29. The minimum Gasteiger partial charge on any atom is -0.492 e. The van der Waals surface area contributed by atoms with Crippen molar-refractivity contribution in [2.45, 2.75) is 26.7 Å². The highest BCUT2D eigenvalue weighted by molar-refractivity contribution is 6.11. The number of aromatic nitrogens is 1. The summed E-state index contributed by atoms with van der Waals surface area (Å²) in [7, 11) is 0. The Labute approximate surface area is 144 Å². The van der Waals surface area contributed by atoms with Crippen molar-refractivity contribution in [3.8, 4) is 11.8 Å². The molecule has 1 aromatic heterocycles. The van der Waals surface area contributed by atoms with Crippen LogP contribution in [0.4, 0.5) is 0 Å². The third-order valence-corrected chi connectivity index (χ3v) is 4.34. The van der Waals surface area contributed by atoms with E-state index in [2.05, 4.69) is 0 Å². The van der Waals surface area contributed by atoms with E-state index in [0.717, 1.165) is 5.56 Å². The van der Waals surface area contributed by atoms with Crippen LogP contribution in [0.1, 0.15) is 36.2 Å². The number of allylic oxidation sites excluding steroid dienone is 2. The molecule has 3 rings (SSSR count). The van der Waals surface area contributed by atoms with Gasteiger partial charge in [0.1, 0.15) is 0 Å². The Bertz CT molecular complexity index is 856. The Morgan fingerprint density at radius 3 is 2.48 bits per heavy atom. The lowest BCUT2D eigenvalue weighted by Crippen LogP contribution is -2.31. The predicted octanol–water partition coefficient (Wildman–Crippen LogP) is 2.64. The highest BCUT2D eigenvalue weighted by Crippen LogP contribution is 2.36. The fourth-order valence-electron chi connectivity index (χ4n) is 3.04. The van der Waals surface area contributed by atoms with Gasteiger partial charge in [0, 0.05) is 28.7 Å². The topological polar surface area (TPSA) is 88.8 Å². The van der Waals surface area contributed by atoms with Gasteiger partial charge >= 0.3 is 5.97 Å². The van der Waals surface area contributed by atoms with Gasteiger partial charge in [0.25, 0.3) is 0 Å². The fraction of sp³-hybridized carbons (Fsp3) is 0.263. The quantitative estimate of drug-likeness (QED) is 0.892. The second-order valence-corrected chi connectivity index (χ2v) is 6.68. The molecule has 1 heterocycles. The first-order valence-corrected chi connectivity index (χ1v) is 7.93. The molecule has 25 heavy (non-hydrogen) atoms. The molecule has 0 spiro atoms. The van der Waals surface area contributed by atoms with Gasteiger partial charge in [-0.15, -0.1) is 4.73 Å². The summed E-state index contributed by atoms with van der Waals surface area (Å²) in [6, 6.07) is 9.83. The van der Waals surface area contributed by atoms with Gasteiger partial charge in [-0.1, -0.05) is 44.2 Å². The first-order chi connectivity index (χ1) is 11.8. The largest absolute Gasteiger partial charge is 0.492 e. The van der Waals surface area contributed by atoms with E-state index in [0.29, 0.717) is 22.3 Å². The molecule has 0 fully saturated rings. The average molecular weight is 341 g/mol. The maximum absolute atomic E-state index is 12.8. The van der Waals surface area contributed by atoms with Gasteiger partial charge in [-0.2, -0.15) is 0 Å². The fourth-order valence-corrected chi connectivity index (χ4v) is 3.04. The third-order valence-electron chi connectivity index (χ3n) is 4.34. The lowest BCUT2D eigenvalue weighted by molar-refractivity contribution is -0.147. The Balaban J connectivity index is 1.77. The Hall–Kier alpha value is -3.02. The Morgan fingerprint density at radius 2 is 1.80 bits per heavy atom. The maximum atomic E-state index is 12.8. The van der Waals surface area contributed by atoms with Crippen molar-refractivity contribution in [3.63, 3.8) is 0 Å². The van der Waals surface area contributed by atoms with Crippen LogP contribution in [0, 0.1) is 5.41 Å². The number of ketones is 1. The van der Waals surface area contributed by atoms with E-state index in [-0.39, 0.29) is 24.0 Å². The van der Waals surface area contributed by atoms with E-state index in [1.54, 1.807) is 19.9 Å². The van der Waals surface area contributed by atoms with Gasteiger partial charge < -0.3 is 15.1 Å². The molecule has 0 saturated heterocycles. The minimum absolute atomic E-state index is 0.0796. The summed E-state index contributed by atoms with van der Waals surface area (Å²) >= 11 is 0. The Kier molecular flexibility index (Phi) is 4.12. The number of benzene rings is 1. The summed E-state index contributed by atoms with van der Waals surface area (Å²) in [5, 5.41) is 19.1. The second kappa shape index (κ2) is 6.12. The highest BCUT2D eigenvalue weighted by atomic mass is 16.7. The summed E-state index contributed by atoms with van der Waals surface area (Å²) in [6.45, 7) is 3.59. The molecule has 0 aliphatic heterocycles. The van der Waals surface area contributed by atoms with Crippen LogP contribution >= 0.6 is 0 Å². The van der Waals surface area contributed by atoms with Crippen LogP contribution in [0.25, 0.3) is 0 Å². The molecular formula is C19H19NO5. The molecule has 1 aliphatic carbocycles. The van der Waals surface area contributed by atoms with Gasteiger partial charge in [-0.05, 0) is 12.0 Å². The van der Waals surface area contributed by atoms with Crippen molar-refractivity contribution < 1.29 is 24.6 Å². The minimum atomic E-state index is -0.750. The molecule has 1 aliphatic rings. The van der Waals surface area contributed by atoms with E-state index in [1.807, 2.05) is 24.3 Å². The van der Waals surface area contributed by atoms with Gasteiger partial charge in [0.2, 0.25) is 11.8 Å². The number of Topliss-reactive ketones (excluding diaryl/α,β-unsaturated/α-hetero) is 1. The standard InChI is InChI=1S/C19H19NO5/c1-19(2,11-17(23)25-20-15(21)9-10-16(20)22)14-8-7-12-5-3-4-6-13(12)18(14)24/h3-6,8-10,21-22H,7,11H2,1-2H3. The number of hydrogen-bond donors (Lipinski definition) is 2. The summed E-state index contributed by atoms with van der Waals surface area (Å²) < 4.78 is 0.644. The molecule has 0 saturated carbocycles. The normalized spacial score (nSPS) is 14.0. The van der Waals surface area contributed by atoms with Crippen LogP contribution in [0.5, 0.6) is 11.8 Å². The van der Waals surface area contributed by atoms with E-state index < -0.39 is 11.4 Å². The smallest absolute Gasteiger partial charge is 0.334 e. The number of fused-ring (bicyclic) bond motifs is 1. The first-order valence-electron chi connectivity index (χ1n) is 7.93. The number of aromatic hydroxyl groups is 2. The van der Waals surface area contributed by atoms with Crippen LogP contribution in [0.3, 0.4) is 0 Å². The molecule has 0 bridgehead atoms. The van der Waals surface area contributed by atoms with Crippen molar-refractivity contribution in [1.82, 2.24) is 4.73 Å². The van der Waals surface area contributed by atoms with Crippen molar-refractivity contribution in [2.75, 3.05) is 0 Å². The summed E-state index contributed by atoms with van der Waals surface area (Å²) in [4.78, 5) is 30.0. The zero-order chi connectivity index (χ0) is 18.2. The van der Waals surface area contributed by atoms with E-state index in [9.17, 15) is 19.8 Å². The summed E-state index contributed by atoms with van der Waals surface area (Å²) in [5.74, 6) is -1.53. The molecule has 130 valence electrons. The van der Waals surface area contributed by atoms with E-state index in [1.165, 1.54) is 12.1 Å². The van der Waals surface area contributed by atoms with Crippen LogP contribution in [0.2, 0.25) is 0 Å². The molecule has 2 aromatic rings. The summed E-state index contributed by atoms with van der Waals surface area (Å²) in [6.07, 6.45) is 2.40. The van der Waals surface area contributed by atoms with Crippen molar-refractivity contribution in [3.05, 3.63) is 59.2 Å². The zero-order valence-corrected chi connectivity index (χ0v) is 14.0. The highest BCUT2D eigenvalue weighted by Gasteiger charge is 2.35. The number of carbonyl (C=O) groups is 2. The molecule has 0 amide bonds. The van der Waals surface area contributed by atoms with Crippen LogP contribution in [-0.4, -0.2) is 26.7 Å². The lowest BCUT2D eigenvalue weighted by atomic mass is 9.74. The monoisotopic (exact) mass is 341 g/mol. The molecule has 0 atom stereocenters. The molecule has 2 N–H and O–H groups in total. The molecule has 6 heteroatoms. The van der Waals surface area contributed by atoms with Gasteiger partial charge in [-0.25, -0.2) is 4.79 Å². The Morgan fingerprint density at radius 1 is 1.16 bits per heavy atom. The van der Waals surface area contributed by atoms with Crippen LogP contribution < -0.4 is 4.84 Å². The van der Waals surface area contributed by atoms with E-state index >= 15 is 0 Å². The average Bonchev–Trinajstić information content (AvgIpc) is 2.86. The van der Waals surface area contributed by atoms with Gasteiger partial charge in [-0.3, -0.25) is 4.79 Å². The van der Waals surface area contributed by atoms with Crippen molar-refractivity contribution in [1.29, 1.82) is 0 Å². The zero-order valence-electron chi connectivity index (χ0n) is 14.0. The van der Waals surface area contributed by atoms with Crippen molar-refractivity contribution >= 4 is 11.8 Å². The van der Waals surface area contributed by atoms with E-state index in [4.69, 9.17) is 4.84 Å².